The van der Waals surface area contributed by atoms with Crippen molar-refractivity contribution in [3.63, 3.8) is 0 Å². The Hall–Kier alpha value is -2.19. The monoisotopic (exact) mass is 396 g/mol. The van der Waals surface area contributed by atoms with Crippen LogP contribution in [0.15, 0.2) is 36.5 Å². The SMILES string of the molecule is Cc1cc(C(=O)Cc2cnc(Nc3cccc(C(F)(F)F)c3)s2)c(C)s1. The molecule has 8 heteroatoms. The number of nitrogens with one attached hydrogen (secondary N) is 1. The summed E-state index contributed by atoms with van der Waals surface area (Å²) in [6, 6.07) is 6.81. The standard InChI is InChI=1S/C18H15F3N2OS2/c1-10-6-15(11(2)25-10)16(24)8-14-9-22-17(26-14)23-13-5-3-4-12(7-13)18(19,20)21/h3-7,9H,8H2,1-2H3,(H,22,23). The van der Waals surface area contributed by atoms with Crippen LogP contribution in [-0.2, 0) is 12.6 Å². The molecule has 0 unspecified atom stereocenters. The third-order valence-corrected chi connectivity index (χ3v) is 5.55. The molecule has 1 aromatic carbocycles. The van der Waals surface area contributed by atoms with Gasteiger partial charge in [0.1, 0.15) is 0 Å². The Kier molecular flexibility index (Phi) is 5.15. The Morgan fingerprint density at radius 2 is 1.96 bits per heavy atom. The molecule has 0 radical (unpaired) electrons. The fourth-order valence-corrected chi connectivity index (χ4v) is 4.28. The topological polar surface area (TPSA) is 42.0 Å². The summed E-state index contributed by atoms with van der Waals surface area (Å²) >= 11 is 2.84. The van der Waals surface area contributed by atoms with Crippen LogP contribution in [0.1, 0.15) is 30.6 Å². The first-order valence-electron chi connectivity index (χ1n) is 7.71. The van der Waals surface area contributed by atoms with Gasteiger partial charge in [0.05, 0.1) is 5.56 Å². The number of Topliss-reactive ketones (excluding diaryl/α,β-unsaturated/α-hetero) is 1. The number of thiophene rings is 1. The minimum atomic E-state index is -4.39. The van der Waals surface area contributed by atoms with Gasteiger partial charge in [-0.3, -0.25) is 4.79 Å². The summed E-state index contributed by atoms with van der Waals surface area (Å²) in [6.07, 6.45) is -2.60. The summed E-state index contributed by atoms with van der Waals surface area (Å²) in [5.41, 5.74) is 0.294. The van der Waals surface area contributed by atoms with Gasteiger partial charge >= 0.3 is 6.18 Å². The molecule has 0 saturated carbocycles. The van der Waals surface area contributed by atoms with Crippen LogP contribution < -0.4 is 5.32 Å². The number of benzene rings is 1. The third-order valence-electron chi connectivity index (χ3n) is 3.67. The quantitative estimate of drug-likeness (QED) is 0.537. The van der Waals surface area contributed by atoms with Crippen LogP contribution in [0.25, 0.3) is 0 Å². The molecule has 3 nitrogen and oxygen atoms in total. The van der Waals surface area contributed by atoms with Gasteiger partial charge in [0.2, 0.25) is 0 Å². The number of anilines is 2. The van der Waals surface area contributed by atoms with Crippen LogP contribution in [-0.4, -0.2) is 10.8 Å². The minimum Gasteiger partial charge on any atom is -0.332 e. The second-order valence-corrected chi connectivity index (χ2v) is 8.34. The predicted octanol–water partition coefficient (Wildman–Crippen LogP) is 6.01. The highest BCUT2D eigenvalue weighted by molar-refractivity contribution is 7.15. The highest BCUT2D eigenvalue weighted by atomic mass is 32.1. The molecule has 136 valence electrons. The molecule has 26 heavy (non-hydrogen) atoms. The molecule has 0 aliphatic rings. The van der Waals surface area contributed by atoms with Crippen LogP contribution in [0, 0.1) is 13.8 Å². The van der Waals surface area contributed by atoms with Gasteiger partial charge in [-0.15, -0.1) is 22.7 Å². The van der Waals surface area contributed by atoms with E-state index in [1.165, 1.54) is 17.4 Å². The highest BCUT2D eigenvalue weighted by Gasteiger charge is 2.30. The first-order chi connectivity index (χ1) is 12.2. The maximum Gasteiger partial charge on any atom is 0.416 e. The molecular weight excluding hydrogens is 381 g/mol. The van der Waals surface area contributed by atoms with Crippen LogP contribution in [0.2, 0.25) is 0 Å². The molecule has 0 bridgehead atoms. The second kappa shape index (κ2) is 7.20. The number of thiazole rings is 1. The van der Waals surface area contributed by atoms with E-state index in [-0.39, 0.29) is 12.2 Å². The van der Waals surface area contributed by atoms with Gasteiger partial charge in [-0.25, -0.2) is 4.98 Å². The van der Waals surface area contributed by atoms with Crippen molar-refractivity contribution in [2.45, 2.75) is 26.4 Å². The molecule has 0 amide bonds. The van der Waals surface area contributed by atoms with Crippen molar-refractivity contribution >= 4 is 39.3 Å². The lowest BCUT2D eigenvalue weighted by Gasteiger charge is -2.08. The fourth-order valence-electron chi connectivity index (χ4n) is 2.50. The van der Waals surface area contributed by atoms with Crippen LogP contribution in [0.4, 0.5) is 24.0 Å². The first kappa shape index (κ1) is 18.6. The number of halogens is 3. The second-order valence-electron chi connectivity index (χ2n) is 5.76. The molecule has 3 aromatic rings. The molecule has 0 aliphatic heterocycles. The first-order valence-corrected chi connectivity index (χ1v) is 9.35. The number of rotatable bonds is 5. The molecule has 2 aromatic heterocycles. The Morgan fingerprint density at radius 1 is 1.19 bits per heavy atom. The maximum absolute atomic E-state index is 12.8. The van der Waals surface area contributed by atoms with E-state index < -0.39 is 11.7 Å². The van der Waals surface area contributed by atoms with Gasteiger partial charge in [-0.05, 0) is 38.1 Å². The zero-order valence-electron chi connectivity index (χ0n) is 14.0. The van der Waals surface area contributed by atoms with Crippen molar-refractivity contribution in [1.82, 2.24) is 4.98 Å². The Morgan fingerprint density at radius 3 is 2.62 bits per heavy atom. The van der Waals surface area contributed by atoms with Gasteiger partial charge < -0.3 is 5.32 Å². The van der Waals surface area contributed by atoms with E-state index >= 15 is 0 Å². The van der Waals surface area contributed by atoms with E-state index in [4.69, 9.17) is 0 Å². The third kappa shape index (κ3) is 4.31. The lowest BCUT2D eigenvalue weighted by atomic mass is 10.1. The van der Waals surface area contributed by atoms with Gasteiger partial charge in [0.15, 0.2) is 10.9 Å². The fraction of sp³-hybridized carbons (Fsp3) is 0.222. The van der Waals surface area contributed by atoms with E-state index in [0.29, 0.717) is 16.4 Å². The summed E-state index contributed by atoms with van der Waals surface area (Å²) in [4.78, 5) is 19.4. The number of hydrogen-bond acceptors (Lipinski definition) is 5. The van der Waals surface area contributed by atoms with Gasteiger partial charge in [-0.2, -0.15) is 13.2 Å². The predicted molar refractivity (Wildman–Crippen MR) is 98.7 cm³/mol. The summed E-state index contributed by atoms with van der Waals surface area (Å²) in [5.74, 6) is 0.0149. The van der Waals surface area contributed by atoms with E-state index in [1.54, 1.807) is 23.6 Å². The van der Waals surface area contributed by atoms with Crippen LogP contribution >= 0.6 is 22.7 Å². The highest BCUT2D eigenvalue weighted by Crippen LogP contribution is 2.32. The van der Waals surface area contributed by atoms with Gasteiger partial charge in [0.25, 0.3) is 0 Å². The smallest absolute Gasteiger partial charge is 0.332 e. The molecule has 2 heterocycles. The van der Waals surface area contributed by atoms with Crippen molar-refractivity contribution in [2.24, 2.45) is 0 Å². The van der Waals surface area contributed by atoms with Gasteiger partial charge in [-0.1, -0.05) is 6.07 Å². The van der Waals surface area contributed by atoms with E-state index in [1.807, 2.05) is 19.9 Å². The van der Waals surface area contributed by atoms with Gasteiger partial charge in [0, 0.05) is 38.5 Å². The maximum atomic E-state index is 12.8. The number of hydrogen-bond donors (Lipinski definition) is 1. The Bertz CT molecular complexity index is 944. The number of carbonyl (C=O) groups excluding carboxylic acids is 1. The number of aromatic nitrogens is 1. The van der Waals surface area contributed by atoms with E-state index in [0.717, 1.165) is 26.8 Å². The molecule has 1 N–H and O–H groups in total. The molecule has 0 aliphatic carbocycles. The summed E-state index contributed by atoms with van der Waals surface area (Å²) in [5, 5.41) is 3.31. The number of ketones is 1. The summed E-state index contributed by atoms with van der Waals surface area (Å²) in [6.45, 7) is 3.87. The van der Waals surface area contributed by atoms with Crippen molar-refractivity contribution in [3.05, 3.63) is 62.3 Å². The zero-order chi connectivity index (χ0) is 18.9. The van der Waals surface area contributed by atoms with Crippen molar-refractivity contribution in [1.29, 1.82) is 0 Å². The number of alkyl halides is 3. The minimum absolute atomic E-state index is 0.0149. The average molecular weight is 396 g/mol. The molecule has 3 rings (SSSR count). The zero-order valence-corrected chi connectivity index (χ0v) is 15.6. The Balaban J connectivity index is 1.70. The molecule has 0 saturated heterocycles. The average Bonchev–Trinajstić information content (AvgIpc) is 3.12. The lowest BCUT2D eigenvalue weighted by Crippen LogP contribution is -2.05. The molecular formula is C18H15F3N2OS2. The number of aryl methyl sites for hydroxylation is 2. The van der Waals surface area contributed by atoms with E-state index in [9.17, 15) is 18.0 Å². The van der Waals surface area contributed by atoms with Crippen molar-refractivity contribution in [2.75, 3.05) is 5.32 Å². The summed E-state index contributed by atoms with van der Waals surface area (Å²) in [7, 11) is 0. The van der Waals surface area contributed by atoms with Crippen molar-refractivity contribution in [3.8, 4) is 0 Å². The summed E-state index contributed by atoms with van der Waals surface area (Å²) < 4.78 is 38.3. The Labute approximate surface area is 156 Å². The number of carbonyl (C=O) groups is 1. The van der Waals surface area contributed by atoms with Crippen LogP contribution in [0.5, 0.6) is 0 Å². The number of nitrogens with zero attached hydrogens (tertiary/aromatic N) is 1. The normalized spacial score (nSPS) is 11.6. The molecule has 0 atom stereocenters. The molecule has 0 fully saturated rings. The van der Waals surface area contributed by atoms with Crippen LogP contribution in [0.3, 0.4) is 0 Å². The molecule has 0 spiro atoms. The lowest BCUT2D eigenvalue weighted by molar-refractivity contribution is -0.137. The largest absolute Gasteiger partial charge is 0.416 e. The van der Waals surface area contributed by atoms with E-state index in [2.05, 4.69) is 10.3 Å². The van der Waals surface area contributed by atoms with Crippen molar-refractivity contribution < 1.29 is 18.0 Å².